The van der Waals surface area contributed by atoms with Gasteiger partial charge in [0.25, 0.3) is 0 Å². The van der Waals surface area contributed by atoms with Crippen molar-refractivity contribution < 1.29 is 14.3 Å². The monoisotopic (exact) mass is 228 g/mol. The zero-order chi connectivity index (χ0) is 11.3. The lowest BCUT2D eigenvalue weighted by Crippen LogP contribution is -2.24. The van der Waals surface area contributed by atoms with Crippen LogP contribution < -0.4 is 4.74 Å². The van der Waals surface area contributed by atoms with E-state index in [1.54, 1.807) is 19.1 Å². The summed E-state index contributed by atoms with van der Waals surface area (Å²) in [5, 5.41) is 0. The maximum Gasteiger partial charge on any atom is 0.346 e. The summed E-state index contributed by atoms with van der Waals surface area (Å²) in [7, 11) is 1.33. The van der Waals surface area contributed by atoms with Gasteiger partial charge in [-0.25, -0.2) is 4.79 Å². The van der Waals surface area contributed by atoms with Crippen LogP contribution in [-0.2, 0) is 15.4 Å². The first-order valence-electron chi connectivity index (χ1n) is 4.56. The van der Waals surface area contributed by atoms with E-state index in [1.807, 2.05) is 12.1 Å². The quantitative estimate of drug-likeness (QED) is 0.586. The van der Waals surface area contributed by atoms with Crippen molar-refractivity contribution in [1.82, 2.24) is 0 Å². The molecule has 0 amide bonds. The van der Waals surface area contributed by atoms with Gasteiger partial charge in [-0.2, -0.15) is 0 Å². The molecule has 15 heavy (non-hydrogen) atoms. The average Bonchev–Trinajstić information content (AvgIpc) is 2.29. The maximum absolute atomic E-state index is 11.1. The SMILES string of the molecule is COC(=O)C(C)Oc1ccc(CCl)cc1. The van der Waals surface area contributed by atoms with Crippen LogP contribution in [0, 0.1) is 0 Å². The Labute approximate surface area is 93.9 Å². The highest BCUT2D eigenvalue weighted by molar-refractivity contribution is 6.17. The molecule has 0 saturated carbocycles. The first-order valence-corrected chi connectivity index (χ1v) is 5.10. The van der Waals surface area contributed by atoms with E-state index in [0.717, 1.165) is 5.56 Å². The van der Waals surface area contributed by atoms with Gasteiger partial charge in [-0.15, -0.1) is 11.6 Å². The molecule has 0 aliphatic rings. The standard InChI is InChI=1S/C11H13ClO3/c1-8(11(13)14-2)15-10-5-3-9(7-12)4-6-10/h3-6,8H,7H2,1-2H3. The Kier molecular flexibility index (Phi) is 4.43. The number of benzene rings is 1. The lowest BCUT2D eigenvalue weighted by molar-refractivity contribution is -0.147. The van der Waals surface area contributed by atoms with Gasteiger partial charge in [-0.05, 0) is 24.6 Å². The van der Waals surface area contributed by atoms with Gasteiger partial charge in [-0.3, -0.25) is 0 Å². The van der Waals surface area contributed by atoms with Crippen molar-refractivity contribution >= 4 is 17.6 Å². The molecule has 1 rings (SSSR count). The molecule has 0 saturated heterocycles. The lowest BCUT2D eigenvalue weighted by Gasteiger charge is -2.12. The van der Waals surface area contributed by atoms with E-state index < -0.39 is 12.1 Å². The summed E-state index contributed by atoms with van der Waals surface area (Å²) in [5.41, 5.74) is 1.01. The number of hydrogen-bond acceptors (Lipinski definition) is 3. The smallest absolute Gasteiger partial charge is 0.346 e. The predicted molar refractivity (Wildman–Crippen MR) is 58.1 cm³/mol. The highest BCUT2D eigenvalue weighted by atomic mass is 35.5. The van der Waals surface area contributed by atoms with E-state index in [4.69, 9.17) is 16.3 Å². The minimum absolute atomic E-state index is 0.392. The van der Waals surface area contributed by atoms with Gasteiger partial charge in [0.15, 0.2) is 6.10 Å². The lowest BCUT2D eigenvalue weighted by atomic mass is 10.2. The number of carbonyl (C=O) groups excluding carboxylic acids is 1. The number of esters is 1. The van der Waals surface area contributed by atoms with Crippen LogP contribution in [0.25, 0.3) is 0 Å². The molecule has 0 aliphatic heterocycles. The third-order valence-corrected chi connectivity index (χ3v) is 2.23. The van der Waals surface area contributed by atoms with E-state index in [2.05, 4.69) is 4.74 Å². The summed E-state index contributed by atoms with van der Waals surface area (Å²) in [4.78, 5) is 11.1. The predicted octanol–water partition coefficient (Wildman–Crippen LogP) is 2.37. The van der Waals surface area contributed by atoms with E-state index >= 15 is 0 Å². The molecular weight excluding hydrogens is 216 g/mol. The fourth-order valence-corrected chi connectivity index (χ4v) is 1.25. The molecule has 1 unspecified atom stereocenters. The first-order chi connectivity index (χ1) is 7.17. The number of hydrogen-bond donors (Lipinski definition) is 0. The second kappa shape index (κ2) is 5.61. The fraction of sp³-hybridized carbons (Fsp3) is 0.364. The van der Waals surface area contributed by atoms with Crippen LogP contribution in [0.2, 0.25) is 0 Å². The number of ether oxygens (including phenoxy) is 2. The Morgan fingerprint density at radius 3 is 2.47 bits per heavy atom. The number of carbonyl (C=O) groups is 1. The number of alkyl halides is 1. The zero-order valence-electron chi connectivity index (χ0n) is 8.70. The van der Waals surface area contributed by atoms with Crippen LogP contribution in [0.15, 0.2) is 24.3 Å². The van der Waals surface area contributed by atoms with E-state index in [-0.39, 0.29) is 0 Å². The molecule has 0 heterocycles. The maximum atomic E-state index is 11.1. The van der Waals surface area contributed by atoms with Gasteiger partial charge in [0, 0.05) is 5.88 Å². The van der Waals surface area contributed by atoms with Crippen molar-refractivity contribution in [2.75, 3.05) is 7.11 Å². The molecule has 0 aromatic heterocycles. The second-order valence-corrected chi connectivity index (χ2v) is 3.33. The molecule has 0 spiro atoms. The summed E-state index contributed by atoms with van der Waals surface area (Å²) < 4.78 is 9.89. The van der Waals surface area contributed by atoms with Crippen LogP contribution >= 0.6 is 11.6 Å². The van der Waals surface area contributed by atoms with Crippen molar-refractivity contribution in [2.45, 2.75) is 18.9 Å². The van der Waals surface area contributed by atoms with Gasteiger partial charge in [0.05, 0.1) is 7.11 Å². The molecule has 1 atom stereocenters. The Bertz CT molecular complexity index is 321. The molecular formula is C11H13ClO3. The molecule has 0 fully saturated rings. The van der Waals surface area contributed by atoms with Crippen LogP contribution in [0.1, 0.15) is 12.5 Å². The van der Waals surface area contributed by atoms with Crippen molar-refractivity contribution in [3.8, 4) is 5.75 Å². The third kappa shape index (κ3) is 3.44. The Morgan fingerprint density at radius 1 is 1.40 bits per heavy atom. The van der Waals surface area contributed by atoms with Crippen LogP contribution in [0.4, 0.5) is 0 Å². The van der Waals surface area contributed by atoms with Crippen molar-refractivity contribution in [1.29, 1.82) is 0 Å². The van der Waals surface area contributed by atoms with Gasteiger partial charge in [0.2, 0.25) is 0 Å². The molecule has 0 bridgehead atoms. The Morgan fingerprint density at radius 2 is 2.00 bits per heavy atom. The minimum atomic E-state index is -0.600. The molecule has 82 valence electrons. The highest BCUT2D eigenvalue weighted by Crippen LogP contribution is 2.15. The molecule has 1 aromatic carbocycles. The van der Waals surface area contributed by atoms with E-state index in [0.29, 0.717) is 11.6 Å². The zero-order valence-corrected chi connectivity index (χ0v) is 9.45. The Hall–Kier alpha value is -1.22. The summed E-state index contributed by atoms with van der Waals surface area (Å²) in [6, 6.07) is 7.26. The topological polar surface area (TPSA) is 35.5 Å². The molecule has 1 aromatic rings. The van der Waals surface area contributed by atoms with Crippen LogP contribution in [0.3, 0.4) is 0 Å². The van der Waals surface area contributed by atoms with Gasteiger partial charge >= 0.3 is 5.97 Å². The molecule has 3 nitrogen and oxygen atoms in total. The average molecular weight is 229 g/mol. The van der Waals surface area contributed by atoms with Crippen LogP contribution in [-0.4, -0.2) is 19.2 Å². The molecule has 0 radical (unpaired) electrons. The van der Waals surface area contributed by atoms with Crippen molar-refractivity contribution in [3.63, 3.8) is 0 Å². The van der Waals surface area contributed by atoms with Gasteiger partial charge < -0.3 is 9.47 Å². The minimum Gasteiger partial charge on any atom is -0.479 e. The largest absolute Gasteiger partial charge is 0.479 e. The second-order valence-electron chi connectivity index (χ2n) is 3.06. The fourth-order valence-electron chi connectivity index (χ4n) is 1.08. The summed E-state index contributed by atoms with van der Waals surface area (Å²) in [6.45, 7) is 1.64. The van der Waals surface area contributed by atoms with Gasteiger partial charge in [0.1, 0.15) is 5.75 Å². The van der Waals surface area contributed by atoms with Crippen molar-refractivity contribution in [3.05, 3.63) is 29.8 Å². The Balaban J connectivity index is 2.60. The van der Waals surface area contributed by atoms with E-state index in [9.17, 15) is 4.79 Å². The highest BCUT2D eigenvalue weighted by Gasteiger charge is 2.14. The molecule has 0 N–H and O–H groups in total. The summed E-state index contributed by atoms with van der Waals surface area (Å²) >= 11 is 5.64. The normalized spacial score (nSPS) is 11.9. The van der Waals surface area contributed by atoms with E-state index in [1.165, 1.54) is 7.11 Å². The van der Waals surface area contributed by atoms with Gasteiger partial charge in [-0.1, -0.05) is 12.1 Å². The third-order valence-electron chi connectivity index (χ3n) is 1.92. The molecule has 4 heteroatoms. The number of methoxy groups -OCH3 is 1. The first kappa shape index (κ1) is 11.9. The number of rotatable bonds is 4. The molecule has 0 aliphatic carbocycles. The van der Waals surface area contributed by atoms with Crippen LogP contribution in [0.5, 0.6) is 5.75 Å². The van der Waals surface area contributed by atoms with Crippen molar-refractivity contribution in [2.24, 2.45) is 0 Å². The summed E-state index contributed by atoms with van der Waals surface area (Å²) in [5.74, 6) is 0.700. The summed E-state index contributed by atoms with van der Waals surface area (Å²) in [6.07, 6.45) is -0.600. The number of halogens is 1.